The molecule has 1 atom stereocenters. The summed E-state index contributed by atoms with van der Waals surface area (Å²) in [5.41, 5.74) is 5.76. The number of nitrogens with two attached hydrogens (primary N) is 1. The highest BCUT2D eigenvalue weighted by atomic mass is 32.2. The molecule has 0 amide bonds. The van der Waals surface area contributed by atoms with Crippen LogP contribution >= 0.6 is 11.8 Å². The number of nitrogen functional groups attached to an aromatic ring is 1. The van der Waals surface area contributed by atoms with E-state index in [1.807, 2.05) is 11.8 Å². The summed E-state index contributed by atoms with van der Waals surface area (Å²) < 4.78 is 0. The SMILES string of the molecule is CC1CN(c2cnc(C(=N)N)cn2)CCS1. The van der Waals surface area contributed by atoms with Gasteiger partial charge in [-0.25, -0.2) is 9.97 Å². The van der Waals surface area contributed by atoms with Gasteiger partial charge in [0.05, 0.1) is 12.4 Å². The number of anilines is 1. The van der Waals surface area contributed by atoms with Crippen molar-refractivity contribution in [1.29, 1.82) is 5.41 Å². The third kappa shape index (κ3) is 2.44. The van der Waals surface area contributed by atoms with E-state index in [0.29, 0.717) is 10.9 Å². The fraction of sp³-hybridized carbons (Fsp3) is 0.500. The summed E-state index contributed by atoms with van der Waals surface area (Å²) in [6.45, 7) is 4.22. The molecule has 5 nitrogen and oxygen atoms in total. The van der Waals surface area contributed by atoms with Crippen molar-refractivity contribution in [3.05, 3.63) is 18.1 Å². The summed E-state index contributed by atoms with van der Waals surface area (Å²) in [6.07, 6.45) is 3.25. The van der Waals surface area contributed by atoms with E-state index in [9.17, 15) is 0 Å². The Bertz CT molecular complexity index is 377. The van der Waals surface area contributed by atoms with Gasteiger partial charge in [-0.15, -0.1) is 0 Å². The van der Waals surface area contributed by atoms with E-state index in [2.05, 4.69) is 21.8 Å². The minimum absolute atomic E-state index is 0.0402. The summed E-state index contributed by atoms with van der Waals surface area (Å²) >= 11 is 1.98. The lowest BCUT2D eigenvalue weighted by Gasteiger charge is -2.31. The summed E-state index contributed by atoms with van der Waals surface area (Å²) in [5, 5.41) is 7.87. The highest BCUT2D eigenvalue weighted by Crippen LogP contribution is 2.21. The molecule has 1 aliphatic rings. The van der Waals surface area contributed by atoms with E-state index in [-0.39, 0.29) is 5.84 Å². The zero-order chi connectivity index (χ0) is 11.5. The summed E-state index contributed by atoms with van der Waals surface area (Å²) in [4.78, 5) is 10.6. The molecule has 3 N–H and O–H groups in total. The van der Waals surface area contributed by atoms with Crippen molar-refractivity contribution >= 4 is 23.4 Å². The number of hydrogen-bond acceptors (Lipinski definition) is 5. The zero-order valence-corrected chi connectivity index (χ0v) is 10.00. The standard InChI is InChI=1S/C10H15N5S/c1-7-6-15(2-3-16-7)9-5-13-8(4-14-9)10(11)12/h4-5,7H,2-3,6H2,1H3,(H3,11,12). The van der Waals surface area contributed by atoms with Gasteiger partial charge in [-0.3, -0.25) is 5.41 Å². The van der Waals surface area contributed by atoms with Gasteiger partial charge in [0.2, 0.25) is 0 Å². The van der Waals surface area contributed by atoms with E-state index in [0.717, 1.165) is 24.7 Å². The van der Waals surface area contributed by atoms with E-state index in [1.54, 1.807) is 12.4 Å². The maximum Gasteiger partial charge on any atom is 0.147 e. The minimum atomic E-state index is -0.0402. The molecule has 2 rings (SSSR count). The third-order valence-corrected chi connectivity index (χ3v) is 3.62. The maximum absolute atomic E-state index is 7.24. The number of thioether (sulfide) groups is 1. The van der Waals surface area contributed by atoms with Crippen molar-refractivity contribution in [1.82, 2.24) is 9.97 Å². The Kier molecular flexibility index (Phi) is 3.28. The van der Waals surface area contributed by atoms with Crippen LogP contribution in [0, 0.1) is 5.41 Å². The van der Waals surface area contributed by atoms with E-state index in [4.69, 9.17) is 11.1 Å². The summed E-state index contributed by atoms with van der Waals surface area (Å²) in [7, 11) is 0. The summed E-state index contributed by atoms with van der Waals surface area (Å²) in [5.74, 6) is 1.95. The Morgan fingerprint density at radius 2 is 2.38 bits per heavy atom. The first-order valence-electron chi connectivity index (χ1n) is 5.20. The fourth-order valence-electron chi connectivity index (χ4n) is 1.65. The molecule has 1 saturated heterocycles. The largest absolute Gasteiger partial charge is 0.382 e. The molecule has 6 heteroatoms. The molecule has 2 heterocycles. The topological polar surface area (TPSA) is 78.9 Å². The van der Waals surface area contributed by atoms with Gasteiger partial charge in [0, 0.05) is 24.1 Å². The van der Waals surface area contributed by atoms with Crippen molar-refractivity contribution < 1.29 is 0 Å². The average molecular weight is 237 g/mol. The lowest BCUT2D eigenvalue weighted by atomic mass is 10.3. The first kappa shape index (κ1) is 11.2. The second-order valence-corrected chi connectivity index (χ2v) is 5.35. The van der Waals surface area contributed by atoms with Crippen LogP contribution in [0.1, 0.15) is 12.6 Å². The van der Waals surface area contributed by atoms with Crippen LogP contribution in [-0.4, -0.2) is 39.9 Å². The molecule has 0 bridgehead atoms. The van der Waals surface area contributed by atoms with Gasteiger partial charge in [0.15, 0.2) is 0 Å². The van der Waals surface area contributed by atoms with Crippen LogP contribution < -0.4 is 10.6 Å². The molecule has 0 spiro atoms. The smallest absolute Gasteiger partial charge is 0.147 e. The van der Waals surface area contributed by atoms with Gasteiger partial charge in [0.25, 0.3) is 0 Å². The molecule has 1 fully saturated rings. The minimum Gasteiger partial charge on any atom is -0.382 e. The van der Waals surface area contributed by atoms with Crippen molar-refractivity contribution in [3.8, 4) is 0 Å². The number of aromatic nitrogens is 2. The number of hydrogen-bond donors (Lipinski definition) is 2. The third-order valence-electron chi connectivity index (χ3n) is 2.48. The molecule has 1 unspecified atom stereocenters. The zero-order valence-electron chi connectivity index (χ0n) is 9.18. The molecule has 86 valence electrons. The first-order valence-corrected chi connectivity index (χ1v) is 6.24. The van der Waals surface area contributed by atoms with Gasteiger partial charge in [0.1, 0.15) is 17.3 Å². The van der Waals surface area contributed by atoms with Gasteiger partial charge < -0.3 is 10.6 Å². The van der Waals surface area contributed by atoms with E-state index in [1.165, 1.54) is 0 Å². The van der Waals surface area contributed by atoms with Gasteiger partial charge in [-0.2, -0.15) is 11.8 Å². The van der Waals surface area contributed by atoms with Crippen LogP contribution in [0.25, 0.3) is 0 Å². The molecule has 1 aromatic heterocycles. The van der Waals surface area contributed by atoms with Gasteiger partial charge >= 0.3 is 0 Å². The van der Waals surface area contributed by atoms with Crippen molar-refractivity contribution in [3.63, 3.8) is 0 Å². The molecule has 1 aromatic rings. The number of nitrogens with one attached hydrogen (secondary N) is 1. The van der Waals surface area contributed by atoms with Gasteiger partial charge in [-0.1, -0.05) is 6.92 Å². The highest BCUT2D eigenvalue weighted by molar-refractivity contribution is 8.00. The van der Waals surface area contributed by atoms with Crippen LogP contribution in [0.2, 0.25) is 0 Å². The maximum atomic E-state index is 7.24. The number of rotatable bonds is 2. The predicted molar refractivity (Wildman–Crippen MR) is 67.2 cm³/mol. The quantitative estimate of drug-likeness (QED) is 0.585. The lowest BCUT2D eigenvalue weighted by Crippen LogP contribution is -2.37. The van der Waals surface area contributed by atoms with Crippen molar-refractivity contribution in [2.75, 3.05) is 23.7 Å². The number of amidine groups is 1. The Balaban J connectivity index is 2.11. The Morgan fingerprint density at radius 3 is 2.94 bits per heavy atom. The monoisotopic (exact) mass is 237 g/mol. The molecule has 0 saturated carbocycles. The highest BCUT2D eigenvalue weighted by Gasteiger charge is 2.18. The van der Waals surface area contributed by atoms with Crippen LogP contribution in [0.4, 0.5) is 5.82 Å². The van der Waals surface area contributed by atoms with Gasteiger partial charge in [-0.05, 0) is 0 Å². The molecular formula is C10H15N5S. The molecule has 16 heavy (non-hydrogen) atoms. The molecular weight excluding hydrogens is 222 g/mol. The lowest BCUT2D eigenvalue weighted by molar-refractivity contribution is 0.767. The molecule has 0 aliphatic carbocycles. The first-order chi connectivity index (χ1) is 7.66. The van der Waals surface area contributed by atoms with E-state index >= 15 is 0 Å². The fourth-order valence-corrected chi connectivity index (χ4v) is 2.66. The second-order valence-electron chi connectivity index (χ2n) is 3.80. The Labute approximate surface area is 99.0 Å². The van der Waals surface area contributed by atoms with Crippen LogP contribution in [0.3, 0.4) is 0 Å². The van der Waals surface area contributed by atoms with Crippen molar-refractivity contribution in [2.45, 2.75) is 12.2 Å². The summed E-state index contributed by atoms with van der Waals surface area (Å²) in [6, 6.07) is 0. The number of nitrogens with zero attached hydrogens (tertiary/aromatic N) is 3. The average Bonchev–Trinajstić information content (AvgIpc) is 2.29. The van der Waals surface area contributed by atoms with Crippen LogP contribution in [-0.2, 0) is 0 Å². The van der Waals surface area contributed by atoms with Crippen LogP contribution in [0.5, 0.6) is 0 Å². The Hall–Kier alpha value is -1.30. The van der Waals surface area contributed by atoms with Crippen LogP contribution in [0.15, 0.2) is 12.4 Å². The Morgan fingerprint density at radius 1 is 1.56 bits per heavy atom. The van der Waals surface area contributed by atoms with E-state index < -0.39 is 0 Å². The molecule has 0 radical (unpaired) electrons. The van der Waals surface area contributed by atoms with Crippen molar-refractivity contribution in [2.24, 2.45) is 5.73 Å². The normalized spacial score (nSPS) is 20.8. The molecule has 1 aliphatic heterocycles. The predicted octanol–water partition coefficient (Wildman–Crippen LogP) is 0.702. The molecule has 0 aromatic carbocycles. The second kappa shape index (κ2) is 4.69.